The maximum atomic E-state index is 6.76. The Labute approximate surface area is 219 Å². The average Bonchev–Trinajstić information content (AvgIpc) is 2.72. The molecule has 0 bridgehead atoms. The van der Waals surface area contributed by atoms with Crippen LogP contribution in [0.2, 0.25) is 15.1 Å². The first-order chi connectivity index (χ1) is 15.6. The number of hydrogen-bond acceptors (Lipinski definition) is 6. The monoisotopic (exact) mass is 621 g/mol. The lowest BCUT2D eigenvalue weighted by Gasteiger charge is -2.27. The molecule has 1 aliphatic heterocycles. The molecule has 0 saturated heterocycles. The quantitative estimate of drug-likeness (QED) is 0.257. The first kappa shape index (κ1) is 25.6. The van der Waals surface area contributed by atoms with Crippen LogP contribution in [0.25, 0.3) is 0 Å². The second-order valence-corrected chi connectivity index (χ2v) is 17.0. The van der Waals surface area contributed by atoms with Crippen LogP contribution in [0.15, 0.2) is 86.3 Å². The van der Waals surface area contributed by atoms with Crippen LogP contribution in [-0.4, -0.2) is 0 Å². The molecule has 0 fully saturated rings. The van der Waals surface area contributed by atoms with E-state index < -0.39 is 20.4 Å². The molecule has 0 amide bonds. The topological polar surface area (TPSA) is 64.8 Å². The number of rotatable bonds is 6. The lowest BCUT2D eigenvalue weighted by Crippen LogP contribution is -1.96. The summed E-state index contributed by atoms with van der Waals surface area (Å²) in [6.07, 6.45) is 0. The van der Waals surface area contributed by atoms with Gasteiger partial charge < -0.3 is 13.6 Å². The highest BCUT2D eigenvalue weighted by Crippen LogP contribution is 2.83. The first-order valence-corrected chi connectivity index (χ1v) is 17.6. The predicted octanol–water partition coefficient (Wildman–Crippen LogP) is 11.8. The van der Waals surface area contributed by atoms with Crippen LogP contribution in [0.4, 0.5) is 0 Å². The van der Waals surface area contributed by atoms with Gasteiger partial charge in [-0.15, -0.1) is 13.5 Å². The fourth-order valence-electron chi connectivity index (χ4n) is 2.50. The summed E-state index contributed by atoms with van der Waals surface area (Å²) in [6.45, 7) is -10.9. The van der Waals surface area contributed by atoms with E-state index in [1.807, 2.05) is 0 Å². The van der Waals surface area contributed by atoms with Crippen molar-refractivity contribution in [3.63, 3.8) is 0 Å². The van der Waals surface area contributed by atoms with Crippen molar-refractivity contribution in [2.75, 3.05) is 0 Å². The van der Waals surface area contributed by atoms with E-state index in [9.17, 15) is 0 Å². The van der Waals surface area contributed by atoms with Gasteiger partial charge in [0.1, 0.15) is 17.2 Å². The van der Waals surface area contributed by atoms with Crippen molar-refractivity contribution in [1.82, 2.24) is 0 Å². The van der Waals surface area contributed by atoms with Crippen LogP contribution in [0.1, 0.15) is 0 Å². The van der Waals surface area contributed by atoms with E-state index in [0.717, 1.165) is 0 Å². The van der Waals surface area contributed by atoms with Crippen molar-refractivity contribution in [2.45, 2.75) is 0 Å². The Morgan fingerprint density at radius 3 is 0.939 bits per heavy atom. The maximum absolute atomic E-state index is 6.76. The fraction of sp³-hybridized carbons (Fsp3) is 0. The average molecular weight is 624 g/mol. The Balaban J connectivity index is 1.85. The molecule has 0 atom stereocenters. The lowest BCUT2D eigenvalue weighted by molar-refractivity contribution is 0.596. The van der Waals surface area contributed by atoms with E-state index in [0.29, 0.717) is 15.1 Å². The number of para-hydroxylation sites is 3. The molecule has 0 aromatic heterocycles. The number of hydrogen-bond donors (Lipinski definition) is 0. The van der Waals surface area contributed by atoms with Gasteiger partial charge in [0.25, 0.3) is 0 Å². The second-order valence-electron chi connectivity index (χ2n) is 6.25. The van der Waals surface area contributed by atoms with E-state index in [1.165, 1.54) is 0 Å². The van der Waals surface area contributed by atoms with Crippen LogP contribution in [-0.2, 0) is 0 Å². The molecule has 4 rings (SSSR count). The van der Waals surface area contributed by atoms with Crippen molar-refractivity contribution >= 4 is 88.9 Å². The summed E-state index contributed by atoms with van der Waals surface area (Å²) in [5.74, 6) is 0.705. The van der Waals surface area contributed by atoms with Crippen molar-refractivity contribution < 1.29 is 13.6 Å². The molecule has 6 nitrogen and oxygen atoms in total. The van der Waals surface area contributed by atoms with E-state index in [-0.39, 0.29) is 17.2 Å². The van der Waals surface area contributed by atoms with E-state index in [4.69, 9.17) is 82.1 Å². The minimum absolute atomic E-state index is 0.235. The molecular formula is C18H12Cl6N3O3P3. The summed E-state index contributed by atoms with van der Waals surface area (Å²) in [5.41, 5.74) is 0. The molecule has 33 heavy (non-hydrogen) atoms. The van der Waals surface area contributed by atoms with Gasteiger partial charge in [0.05, 0.1) is 15.1 Å². The largest absolute Gasteiger partial charge is 0.429 e. The molecule has 0 aliphatic carbocycles. The Kier molecular flexibility index (Phi) is 7.93. The minimum atomic E-state index is -3.62. The van der Waals surface area contributed by atoms with E-state index >= 15 is 0 Å². The van der Waals surface area contributed by atoms with Gasteiger partial charge in [-0.3, -0.25) is 0 Å². The zero-order chi connectivity index (χ0) is 23.7. The molecular weight excluding hydrogens is 612 g/mol. The van der Waals surface area contributed by atoms with Gasteiger partial charge in [-0.2, -0.15) is 0 Å². The highest BCUT2D eigenvalue weighted by atomic mass is 35.7. The van der Waals surface area contributed by atoms with Gasteiger partial charge in [0.15, 0.2) is 0 Å². The third-order valence-electron chi connectivity index (χ3n) is 3.82. The van der Waals surface area contributed by atoms with Crippen LogP contribution in [0.3, 0.4) is 0 Å². The predicted molar refractivity (Wildman–Crippen MR) is 142 cm³/mol. The van der Waals surface area contributed by atoms with Gasteiger partial charge in [-0.25, -0.2) is 0 Å². The van der Waals surface area contributed by atoms with Crippen LogP contribution in [0, 0.1) is 0 Å². The molecule has 174 valence electrons. The zero-order valence-corrected chi connectivity index (χ0v) is 23.3. The Bertz CT molecular complexity index is 1210. The van der Waals surface area contributed by atoms with Crippen molar-refractivity contribution in [1.29, 1.82) is 0 Å². The highest BCUT2D eigenvalue weighted by molar-refractivity contribution is 8.05. The third kappa shape index (κ3) is 6.39. The Morgan fingerprint density at radius 1 is 0.455 bits per heavy atom. The lowest BCUT2D eigenvalue weighted by atomic mass is 10.3. The summed E-state index contributed by atoms with van der Waals surface area (Å²) < 4.78 is 30.8. The van der Waals surface area contributed by atoms with Crippen molar-refractivity contribution in [2.24, 2.45) is 13.5 Å². The molecule has 15 heteroatoms. The van der Waals surface area contributed by atoms with Crippen LogP contribution in [0.5, 0.6) is 17.2 Å². The molecule has 0 N–H and O–H groups in total. The SMILES string of the molecule is Clc1ccccc1OP1(Cl)=NP(Cl)(Oc2ccccc2Cl)=NP(Cl)(Oc2ccccc2Cl)=N1. The summed E-state index contributed by atoms with van der Waals surface area (Å²) in [5, 5.41) is 0.879. The zero-order valence-electron chi connectivity index (χ0n) is 16.1. The molecule has 0 spiro atoms. The summed E-state index contributed by atoms with van der Waals surface area (Å²) in [7, 11) is 0. The molecule has 0 unspecified atom stereocenters. The molecule has 0 radical (unpaired) electrons. The van der Waals surface area contributed by atoms with Gasteiger partial charge in [0.2, 0.25) is 0 Å². The molecule has 0 saturated carbocycles. The van der Waals surface area contributed by atoms with Crippen molar-refractivity contribution in [3.8, 4) is 17.2 Å². The minimum Gasteiger partial charge on any atom is -0.429 e. The Hall–Kier alpha value is -0.510. The van der Waals surface area contributed by atoms with E-state index in [2.05, 4.69) is 13.5 Å². The summed E-state index contributed by atoms with van der Waals surface area (Å²) in [6, 6.07) is 20.0. The molecule has 3 aromatic carbocycles. The maximum Gasteiger partial charge on any atom is 0.354 e. The molecule has 1 aliphatic rings. The fourth-order valence-corrected chi connectivity index (χ4v) is 16.5. The van der Waals surface area contributed by atoms with Gasteiger partial charge >= 0.3 is 20.4 Å². The smallest absolute Gasteiger partial charge is 0.354 e. The van der Waals surface area contributed by atoms with Crippen LogP contribution < -0.4 is 13.6 Å². The first-order valence-electron chi connectivity index (χ1n) is 8.92. The van der Waals surface area contributed by atoms with Crippen LogP contribution >= 0.6 is 88.9 Å². The Morgan fingerprint density at radius 2 is 0.697 bits per heavy atom. The summed E-state index contributed by atoms with van der Waals surface area (Å²) >= 11 is 39.0. The van der Waals surface area contributed by atoms with Crippen molar-refractivity contribution in [3.05, 3.63) is 87.9 Å². The standard InChI is InChI=1S/C18H12Cl6N3O3P3/c19-13-7-1-4-10-16(13)28-31(22)25-32(23,29-17-11-5-2-8-14(17)20)27-33(24,26-31)30-18-12-6-3-9-15(18)21/h1-12H. The van der Waals surface area contributed by atoms with Gasteiger partial charge in [0, 0.05) is 0 Å². The number of halogens is 6. The molecule has 3 aromatic rings. The third-order valence-corrected chi connectivity index (χ3v) is 15.6. The van der Waals surface area contributed by atoms with Gasteiger partial charge in [-0.1, -0.05) is 71.2 Å². The summed E-state index contributed by atoms with van der Waals surface area (Å²) in [4.78, 5) is 0. The number of nitrogens with zero attached hydrogens (tertiary/aromatic N) is 3. The molecule has 1 heterocycles. The highest BCUT2D eigenvalue weighted by Gasteiger charge is 2.40. The van der Waals surface area contributed by atoms with Gasteiger partial charge in [-0.05, 0) is 70.1 Å². The number of benzene rings is 3. The second kappa shape index (κ2) is 10.2. The normalized spacial score (nSPS) is 26.4. The van der Waals surface area contributed by atoms with E-state index in [1.54, 1.807) is 72.8 Å².